The Morgan fingerprint density at radius 3 is 2.57 bits per heavy atom. The van der Waals surface area contributed by atoms with E-state index < -0.39 is 0 Å². The number of methoxy groups -OCH3 is 3. The zero-order valence-electron chi connectivity index (χ0n) is 14.1. The summed E-state index contributed by atoms with van der Waals surface area (Å²) in [5.74, 6) is 2.69. The fourth-order valence-corrected chi connectivity index (χ4v) is 3.45. The van der Waals surface area contributed by atoms with Gasteiger partial charge in [0.25, 0.3) is 0 Å². The van der Waals surface area contributed by atoms with Gasteiger partial charge in [0.15, 0.2) is 11.5 Å². The van der Waals surface area contributed by atoms with Crippen molar-refractivity contribution >= 4 is 0 Å². The molecule has 1 aromatic carbocycles. The Kier molecular flexibility index (Phi) is 4.91. The van der Waals surface area contributed by atoms with Gasteiger partial charge in [0, 0.05) is 12.5 Å². The molecular formula is C19H25NO3. The molecule has 0 aromatic heterocycles. The van der Waals surface area contributed by atoms with Gasteiger partial charge in [0.1, 0.15) is 0 Å². The Morgan fingerprint density at radius 1 is 1.04 bits per heavy atom. The molecule has 1 atom stereocenters. The third-order valence-electron chi connectivity index (χ3n) is 4.69. The first-order valence-electron chi connectivity index (χ1n) is 8.14. The van der Waals surface area contributed by atoms with E-state index >= 15 is 0 Å². The van der Waals surface area contributed by atoms with Crippen LogP contribution in [0.3, 0.4) is 0 Å². The third kappa shape index (κ3) is 3.37. The molecule has 124 valence electrons. The van der Waals surface area contributed by atoms with Gasteiger partial charge in [-0.05, 0) is 55.1 Å². The zero-order chi connectivity index (χ0) is 16.2. The average Bonchev–Trinajstić information content (AvgIpc) is 2.61. The number of nitrogens with one attached hydrogen (secondary N) is 1. The van der Waals surface area contributed by atoms with Crippen LogP contribution in [0.2, 0.25) is 0 Å². The van der Waals surface area contributed by atoms with E-state index in [-0.39, 0.29) is 0 Å². The number of rotatable bonds is 5. The molecule has 1 aliphatic heterocycles. The minimum Gasteiger partial charge on any atom is -0.501 e. The predicted molar refractivity (Wildman–Crippen MR) is 91.0 cm³/mol. The summed E-state index contributed by atoms with van der Waals surface area (Å²) in [4.78, 5) is 0. The Balaban J connectivity index is 1.82. The molecule has 0 amide bonds. The van der Waals surface area contributed by atoms with E-state index in [0.717, 1.165) is 49.5 Å². The highest BCUT2D eigenvalue weighted by Gasteiger charge is 2.24. The molecule has 0 radical (unpaired) electrons. The van der Waals surface area contributed by atoms with Crippen molar-refractivity contribution in [2.45, 2.75) is 31.7 Å². The maximum atomic E-state index is 5.48. The van der Waals surface area contributed by atoms with Crippen LogP contribution in [0, 0.1) is 0 Å². The smallest absolute Gasteiger partial charge is 0.161 e. The minimum absolute atomic E-state index is 0.320. The maximum absolute atomic E-state index is 5.48. The van der Waals surface area contributed by atoms with Crippen molar-refractivity contribution in [3.63, 3.8) is 0 Å². The second-order valence-corrected chi connectivity index (χ2v) is 6.02. The van der Waals surface area contributed by atoms with Crippen LogP contribution in [0.15, 0.2) is 35.6 Å². The van der Waals surface area contributed by atoms with Crippen LogP contribution < -0.4 is 14.8 Å². The molecule has 1 N–H and O–H groups in total. The van der Waals surface area contributed by atoms with Gasteiger partial charge in [0.05, 0.1) is 27.1 Å². The highest BCUT2D eigenvalue weighted by Crippen LogP contribution is 2.38. The van der Waals surface area contributed by atoms with E-state index in [1.807, 2.05) is 0 Å². The Morgan fingerprint density at radius 2 is 1.83 bits per heavy atom. The molecule has 0 bridgehead atoms. The fraction of sp³-hybridized carbons (Fsp3) is 0.474. The first-order valence-corrected chi connectivity index (χ1v) is 8.14. The molecule has 1 aromatic rings. The molecule has 0 spiro atoms. The Hall–Kier alpha value is -1.94. The summed E-state index contributed by atoms with van der Waals surface area (Å²) in [6.07, 6.45) is 8.37. The quantitative estimate of drug-likeness (QED) is 0.844. The number of benzene rings is 1. The molecule has 2 aliphatic rings. The van der Waals surface area contributed by atoms with E-state index in [4.69, 9.17) is 14.2 Å². The van der Waals surface area contributed by atoms with E-state index in [2.05, 4.69) is 29.6 Å². The molecular weight excluding hydrogens is 290 g/mol. The van der Waals surface area contributed by atoms with Gasteiger partial charge in [-0.2, -0.15) is 0 Å². The van der Waals surface area contributed by atoms with Crippen LogP contribution in [-0.2, 0) is 11.2 Å². The first kappa shape index (κ1) is 15.9. The van der Waals surface area contributed by atoms with Crippen LogP contribution >= 0.6 is 0 Å². The van der Waals surface area contributed by atoms with Gasteiger partial charge in [-0.15, -0.1) is 0 Å². The van der Waals surface area contributed by atoms with Crippen LogP contribution in [0.1, 0.15) is 36.4 Å². The SMILES string of the molecule is COC1=CCC=C(C[C@@H]2NCCc3cc(OC)c(OC)cc32)C1. The van der Waals surface area contributed by atoms with Gasteiger partial charge in [-0.3, -0.25) is 0 Å². The Labute approximate surface area is 138 Å². The van der Waals surface area contributed by atoms with E-state index in [1.54, 1.807) is 21.3 Å². The average molecular weight is 315 g/mol. The second kappa shape index (κ2) is 7.09. The third-order valence-corrected chi connectivity index (χ3v) is 4.69. The van der Waals surface area contributed by atoms with Gasteiger partial charge < -0.3 is 19.5 Å². The van der Waals surface area contributed by atoms with Crippen molar-refractivity contribution in [1.29, 1.82) is 0 Å². The van der Waals surface area contributed by atoms with Crippen molar-refractivity contribution in [3.8, 4) is 11.5 Å². The largest absolute Gasteiger partial charge is 0.501 e. The molecule has 3 rings (SSSR count). The maximum Gasteiger partial charge on any atom is 0.161 e. The van der Waals surface area contributed by atoms with Crippen molar-refractivity contribution < 1.29 is 14.2 Å². The Bertz CT molecular complexity index is 634. The van der Waals surface area contributed by atoms with E-state index in [9.17, 15) is 0 Å². The molecule has 1 aliphatic carbocycles. The van der Waals surface area contributed by atoms with Gasteiger partial charge in [0.2, 0.25) is 0 Å². The molecule has 0 saturated heterocycles. The van der Waals surface area contributed by atoms with Crippen molar-refractivity contribution in [2.75, 3.05) is 27.9 Å². The molecule has 1 heterocycles. The lowest BCUT2D eigenvalue weighted by atomic mass is 9.87. The van der Waals surface area contributed by atoms with Crippen LogP contribution in [0.5, 0.6) is 11.5 Å². The number of hydrogen-bond donors (Lipinski definition) is 1. The second-order valence-electron chi connectivity index (χ2n) is 6.02. The number of ether oxygens (including phenoxy) is 3. The summed E-state index contributed by atoms with van der Waals surface area (Å²) in [6.45, 7) is 0.993. The highest BCUT2D eigenvalue weighted by molar-refractivity contribution is 5.49. The van der Waals surface area contributed by atoms with Crippen molar-refractivity contribution in [3.05, 3.63) is 46.7 Å². The van der Waals surface area contributed by atoms with E-state index in [1.165, 1.54) is 16.7 Å². The lowest BCUT2D eigenvalue weighted by Gasteiger charge is -2.29. The molecule has 0 fully saturated rings. The molecule has 0 unspecified atom stereocenters. The fourth-order valence-electron chi connectivity index (χ4n) is 3.45. The van der Waals surface area contributed by atoms with E-state index in [0.29, 0.717) is 6.04 Å². The van der Waals surface area contributed by atoms with Crippen molar-refractivity contribution in [1.82, 2.24) is 5.32 Å². The van der Waals surface area contributed by atoms with Crippen molar-refractivity contribution in [2.24, 2.45) is 0 Å². The van der Waals surface area contributed by atoms with Crippen LogP contribution in [0.25, 0.3) is 0 Å². The minimum atomic E-state index is 0.320. The summed E-state index contributed by atoms with van der Waals surface area (Å²) >= 11 is 0. The first-order chi connectivity index (χ1) is 11.2. The lowest BCUT2D eigenvalue weighted by Crippen LogP contribution is -2.30. The summed E-state index contributed by atoms with van der Waals surface area (Å²) in [5, 5.41) is 3.65. The summed E-state index contributed by atoms with van der Waals surface area (Å²) in [6, 6.07) is 4.57. The highest BCUT2D eigenvalue weighted by atomic mass is 16.5. The normalized spacial score (nSPS) is 20.2. The molecule has 23 heavy (non-hydrogen) atoms. The molecule has 4 nitrogen and oxygen atoms in total. The van der Waals surface area contributed by atoms with Gasteiger partial charge >= 0.3 is 0 Å². The van der Waals surface area contributed by atoms with Crippen LogP contribution in [0.4, 0.5) is 0 Å². The monoisotopic (exact) mass is 315 g/mol. The predicted octanol–water partition coefficient (Wildman–Crippen LogP) is 3.53. The molecule has 4 heteroatoms. The summed E-state index contributed by atoms with van der Waals surface area (Å²) < 4.78 is 16.3. The molecule has 0 saturated carbocycles. The number of allylic oxidation sites excluding steroid dienone is 3. The summed E-state index contributed by atoms with van der Waals surface area (Å²) in [7, 11) is 5.13. The standard InChI is InChI=1S/C19H25NO3/c1-21-15-6-4-5-13(9-15)10-17-16-12-19(23-3)18(22-2)11-14(16)7-8-20-17/h5-6,11-12,17,20H,4,7-10H2,1-3H3/t17-/m0/s1. The topological polar surface area (TPSA) is 39.7 Å². The van der Waals surface area contributed by atoms with Gasteiger partial charge in [-0.1, -0.05) is 11.6 Å². The lowest BCUT2D eigenvalue weighted by molar-refractivity contribution is 0.278. The summed E-state index contributed by atoms with van der Waals surface area (Å²) in [5.41, 5.74) is 4.11. The number of hydrogen-bond acceptors (Lipinski definition) is 4. The van der Waals surface area contributed by atoms with Gasteiger partial charge in [-0.25, -0.2) is 0 Å². The zero-order valence-corrected chi connectivity index (χ0v) is 14.1. The number of fused-ring (bicyclic) bond motifs is 1. The van der Waals surface area contributed by atoms with Crippen LogP contribution in [-0.4, -0.2) is 27.9 Å².